The average Bonchev–Trinajstić information content (AvgIpc) is 3.09. The molecule has 32 heavy (non-hydrogen) atoms. The topological polar surface area (TPSA) is 77.9 Å². The molecule has 2 aliphatic carbocycles. The van der Waals surface area contributed by atoms with Gasteiger partial charge in [0.05, 0.1) is 11.7 Å². The lowest BCUT2D eigenvalue weighted by Crippen LogP contribution is -2.42. The number of nitrogens with one attached hydrogen (secondary N) is 1. The van der Waals surface area contributed by atoms with Crippen LogP contribution in [-0.4, -0.2) is 47.3 Å². The Morgan fingerprint density at radius 1 is 1.22 bits per heavy atom. The van der Waals surface area contributed by atoms with E-state index in [1.807, 2.05) is 17.3 Å². The van der Waals surface area contributed by atoms with Crippen molar-refractivity contribution in [3.63, 3.8) is 0 Å². The van der Waals surface area contributed by atoms with Gasteiger partial charge in [0.15, 0.2) is 15.2 Å². The molecule has 7 nitrogen and oxygen atoms in total. The fourth-order valence-electron chi connectivity index (χ4n) is 5.12. The maximum atomic E-state index is 14.2. The summed E-state index contributed by atoms with van der Waals surface area (Å²) in [5, 5.41) is 9.63. The molecule has 1 aromatic rings. The van der Waals surface area contributed by atoms with Gasteiger partial charge in [0.25, 0.3) is 0 Å². The fraction of sp³-hybridized carbons (Fsp3) is 0.455. The highest BCUT2D eigenvalue weighted by Gasteiger charge is 2.42. The van der Waals surface area contributed by atoms with Gasteiger partial charge in [-0.15, -0.1) is 0 Å². The van der Waals surface area contributed by atoms with Crippen LogP contribution in [0.3, 0.4) is 0 Å². The summed E-state index contributed by atoms with van der Waals surface area (Å²) in [5.41, 5.74) is 2.07. The van der Waals surface area contributed by atoms with E-state index in [9.17, 15) is 12.8 Å². The monoisotopic (exact) mass is 477 g/mol. The van der Waals surface area contributed by atoms with Crippen LogP contribution in [0, 0.1) is 5.82 Å². The predicted octanol–water partition coefficient (Wildman–Crippen LogP) is 3.75. The van der Waals surface area contributed by atoms with E-state index in [1.54, 1.807) is 23.5 Å². The first-order valence-electron chi connectivity index (χ1n) is 10.8. The number of hydrogen-bond donors (Lipinski definition) is 1. The summed E-state index contributed by atoms with van der Waals surface area (Å²) in [6.07, 6.45) is 12.5. The molecule has 1 atom stereocenters. The molecule has 0 radical (unpaired) electrons. The molecule has 4 aliphatic rings. The Morgan fingerprint density at radius 3 is 2.72 bits per heavy atom. The Bertz CT molecular complexity index is 1150. The number of allylic oxidation sites excluding steroid dienone is 2. The van der Waals surface area contributed by atoms with Gasteiger partial charge in [-0.3, -0.25) is 9.88 Å². The number of hydrogen-bond acceptors (Lipinski definition) is 7. The molecule has 1 saturated carbocycles. The van der Waals surface area contributed by atoms with Gasteiger partial charge in [0.1, 0.15) is 18.0 Å². The molecule has 1 fully saturated rings. The molecule has 1 N–H and O–H groups in total. The number of rotatable bonds is 3. The number of hydrazone groups is 1. The lowest BCUT2D eigenvalue weighted by molar-refractivity contribution is 0.179. The molecule has 2 aliphatic heterocycles. The molecule has 1 aromatic heterocycles. The van der Waals surface area contributed by atoms with Crippen LogP contribution in [0.25, 0.3) is 0 Å². The molecule has 3 heterocycles. The van der Waals surface area contributed by atoms with E-state index in [-0.39, 0.29) is 17.8 Å². The first kappa shape index (κ1) is 21.5. The van der Waals surface area contributed by atoms with E-state index in [1.165, 1.54) is 12.3 Å². The highest BCUT2D eigenvalue weighted by atomic mass is 35.5. The third-order valence-electron chi connectivity index (χ3n) is 6.61. The van der Waals surface area contributed by atoms with E-state index in [0.29, 0.717) is 29.4 Å². The normalized spacial score (nSPS) is 27.9. The van der Waals surface area contributed by atoms with E-state index in [2.05, 4.69) is 15.4 Å². The minimum Gasteiger partial charge on any atom is -0.358 e. The Labute approximate surface area is 192 Å². The first-order chi connectivity index (χ1) is 15.3. The third kappa shape index (κ3) is 3.81. The van der Waals surface area contributed by atoms with Crippen LogP contribution < -0.4 is 5.32 Å². The van der Waals surface area contributed by atoms with Gasteiger partial charge >= 0.3 is 0 Å². The second-order valence-electron chi connectivity index (χ2n) is 8.72. The summed E-state index contributed by atoms with van der Waals surface area (Å²) in [6, 6.07) is 3.17. The van der Waals surface area contributed by atoms with E-state index in [0.717, 1.165) is 37.0 Å². The maximum Gasteiger partial charge on any atom is 0.172 e. The van der Waals surface area contributed by atoms with Gasteiger partial charge in [-0.05, 0) is 62.3 Å². The lowest BCUT2D eigenvalue weighted by atomic mass is 9.83. The smallest absolute Gasteiger partial charge is 0.172 e. The Balaban J connectivity index is 1.38. The number of sulfone groups is 1. The van der Waals surface area contributed by atoms with Crippen molar-refractivity contribution in [3.8, 4) is 0 Å². The zero-order chi connectivity index (χ0) is 22.5. The van der Waals surface area contributed by atoms with Crippen LogP contribution in [0.4, 0.5) is 4.39 Å². The van der Waals surface area contributed by atoms with Gasteiger partial charge in [-0.25, -0.2) is 17.8 Å². The Hall–Kier alpha value is -2.39. The molecule has 5 rings (SSSR count). The van der Waals surface area contributed by atoms with Crippen molar-refractivity contribution in [1.29, 1.82) is 0 Å². The number of fused-ring (bicyclic) bond motifs is 1. The van der Waals surface area contributed by atoms with Crippen molar-refractivity contribution < 1.29 is 12.8 Å². The van der Waals surface area contributed by atoms with Crippen LogP contribution in [0.1, 0.15) is 50.1 Å². The summed E-state index contributed by atoms with van der Waals surface area (Å²) in [5.74, 6) is 0.532. The number of nitrogens with zero attached hydrogens (tertiary/aromatic N) is 4. The van der Waals surface area contributed by atoms with Crippen LogP contribution in [-0.2, 0) is 9.84 Å². The molecule has 170 valence electrons. The van der Waals surface area contributed by atoms with Gasteiger partial charge < -0.3 is 5.32 Å². The van der Waals surface area contributed by atoms with Gasteiger partial charge in [-0.1, -0.05) is 11.6 Å². The molecule has 0 spiro atoms. The molecule has 1 unspecified atom stereocenters. The van der Waals surface area contributed by atoms with Crippen LogP contribution >= 0.6 is 11.6 Å². The van der Waals surface area contributed by atoms with Crippen molar-refractivity contribution in [2.24, 2.45) is 5.10 Å². The zero-order valence-electron chi connectivity index (χ0n) is 17.7. The summed E-state index contributed by atoms with van der Waals surface area (Å²) < 4.78 is 39.8. The van der Waals surface area contributed by atoms with E-state index in [4.69, 9.17) is 11.6 Å². The van der Waals surface area contributed by atoms with Crippen molar-refractivity contribution in [3.05, 3.63) is 64.2 Å². The lowest BCUT2D eigenvalue weighted by Gasteiger charge is -2.36. The zero-order valence-corrected chi connectivity index (χ0v) is 19.3. The highest BCUT2D eigenvalue weighted by molar-refractivity contribution is 7.91. The standard InChI is InChI=1S/C22H25ClFN5O2S/c1-32(30,31)22-17-9-6-15(23)11-19(17)26-12-20-28(22)13-27-29(20)16-7-4-14(5-8-16)21-18(24)3-2-10-25-21/h2-3,10-14,16,22,26H,4-9H2,1H3. The van der Waals surface area contributed by atoms with E-state index >= 15 is 0 Å². The first-order valence-corrected chi connectivity index (χ1v) is 13.1. The summed E-state index contributed by atoms with van der Waals surface area (Å²) >= 11 is 6.23. The summed E-state index contributed by atoms with van der Waals surface area (Å²) in [4.78, 5) is 5.99. The largest absolute Gasteiger partial charge is 0.358 e. The minimum absolute atomic E-state index is 0.0846. The van der Waals surface area contributed by atoms with Crippen molar-refractivity contribution in [2.75, 3.05) is 6.26 Å². The number of aromatic nitrogens is 1. The average molecular weight is 478 g/mol. The summed E-state index contributed by atoms with van der Waals surface area (Å²) in [6.45, 7) is 0. The Morgan fingerprint density at radius 2 is 2.00 bits per heavy atom. The molecule has 0 amide bonds. The van der Waals surface area contributed by atoms with Crippen LogP contribution in [0.15, 0.2) is 57.8 Å². The third-order valence-corrected chi connectivity index (χ3v) is 8.23. The maximum absolute atomic E-state index is 14.2. The second-order valence-corrected chi connectivity index (χ2v) is 11.3. The van der Waals surface area contributed by atoms with Crippen LogP contribution in [0.2, 0.25) is 0 Å². The molecular formula is C22H25ClFN5O2S. The molecule has 0 saturated heterocycles. The van der Waals surface area contributed by atoms with Crippen molar-refractivity contribution >= 4 is 27.8 Å². The van der Waals surface area contributed by atoms with Gasteiger partial charge in [0, 0.05) is 35.3 Å². The SMILES string of the molecule is CS(=O)(=O)C1C2=C(C=C(Cl)CC2)NC=C2N1C=NN2C1CCC(c2ncccc2F)CC1. The quantitative estimate of drug-likeness (QED) is 0.714. The van der Waals surface area contributed by atoms with Crippen LogP contribution in [0.5, 0.6) is 0 Å². The number of pyridine rings is 1. The second kappa shape index (κ2) is 8.19. The van der Waals surface area contributed by atoms with Gasteiger partial charge in [0.2, 0.25) is 0 Å². The van der Waals surface area contributed by atoms with Crippen molar-refractivity contribution in [1.82, 2.24) is 20.2 Å². The number of halogens is 2. The molecule has 10 heteroatoms. The van der Waals surface area contributed by atoms with E-state index < -0.39 is 15.2 Å². The molecule has 0 aromatic carbocycles. The minimum atomic E-state index is -3.45. The Kier molecular flexibility index (Phi) is 5.49. The van der Waals surface area contributed by atoms with Crippen molar-refractivity contribution in [2.45, 2.75) is 55.9 Å². The molecule has 0 bridgehead atoms. The predicted molar refractivity (Wildman–Crippen MR) is 121 cm³/mol. The van der Waals surface area contributed by atoms with Gasteiger partial charge in [-0.2, -0.15) is 5.10 Å². The fourth-order valence-corrected chi connectivity index (χ4v) is 6.66. The summed E-state index contributed by atoms with van der Waals surface area (Å²) in [7, 11) is -3.45. The molecular weight excluding hydrogens is 453 g/mol. The highest BCUT2D eigenvalue weighted by Crippen LogP contribution is 2.40.